The number of nitrogens with two attached hydrogens (primary N) is 1. The van der Waals surface area contributed by atoms with Crippen LogP contribution < -0.4 is 11.1 Å². The molecule has 5 N–H and O–H groups in total. The van der Waals surface area contributed by atoms with Crippen molar-refractivity contribution in [2.75, 3.05) is 25.5 Å². The molecule has 2 aromatic rings. The van der Waals surface area contributed by atoms with E-state index in [1.165, 1.54) is 6.08 Å². The monoisotopic (exact) mass is 326 g/mol. The molecule has 1 saturated heterocycles. The van der Waals surface area contributed by atoms with Gasteiger partial charge in [0.2, 0.25) is 5.91 Å². The molecule has 0 radical (unpaired) electrons. The van der Waals surface area contributed by atoms with Gasteiger partial charge in [0.05, 0.1) is 5.52 Å². The van der Waals surface area contributed by atoms with Gasteiger partial charge in [-0.25, -0.2) is 0 Å². The van der Waals surface area contributed by atoms with Gasteiger partial charge in [0.15, 0.2) is 5.82 Å². The highest BCUT2D eigenvalue weighted by atomic mass is 16.2. The Kier molecular flexibility index (Phi) is 4.61. The number of piperidine rings is 1. The number of amides is 1. The SMILES string of the molecule is CN1CCC(C(=O)Nc2n[nH]c3ccc(C(N)=CC=N)cc23)CC1. The minimum Gasteiger partial charge on any atom is -0.398 e. The van der Waals surface area contributed by atoms with E-state index < -0.39 is 0 Å². The Morgan fingerprint density at radius 1 is 1.46 bits per heavy atom. The number of carbonyl (C=O) groups excluding carboxylic acids is 1. The van der Waals surface area contributed by atoms with Gasteiger partial charge in [-0.05, 0) is 56.8 Å². The molecule has 0 aliphatic carbocycles. The second-order valence-corrected chi connectivity index (χ2v) is 6.19. The summed E-state index contributed by atoms with van der Waals surface area (Å²) in [5.41, 5.74) is 8.06. The van der Waals surface area contributed by atoms with Crippen LogP contribution in [0.5, 0.6) is 0 Å². The molecule has 1 aliphatic rings. The Hall–Kier alpha value is -2.67. The van der Waals surface area contributed by atoms with Crippen molar-refractivity contribution in [3.05, 3.63) is 29.8 Å². The third-order valence-electron chi connectivity index (χ3n) is 4.49. The minimum atomic E-state index is 0.0184. The lowest BCUT2D eigenvalue weighted by molar-refractivity contribution is -0.121. The highest BCUT2D eigenvalue weighted by Crippen LogP contribution is 2.25. The highest BCUT2D eigenvalue weighted by molar-refractivity contribution is 6.01. The van der Waals surface area contributed by atoms with Crippen molar-refractivity contribution >= 4 is 34.5 Å². The van der Waals surface area contributed by atoms with Crippen molar-refractivity contribution in [2.24, 2.45) is 11.7 Å². The number of aromatic amines is 1. The zero-order valence-corrected chi connectivity index (χ0v) is 13.7. The smallest absolute Gasteiger partial charge is 0.228 e. The van der Waals surface area contributed by atoms with Gasteiger partial charge in [0.25, 0.3) is 0 Å². The van der Waals surface area contributed by atoms with E-state index in [4.69, 9.17) is 11.1 Å². The van der Waals surface area contributed by atoms with Gasteiger partial charge < -0.3 is 21.4 Å². The lowest BCUT2D eigenvalue weighted by atomic mass is 9.96. The van der Waals surface area contributed by atoms with E-state index in [0.717, 1.165) is 48.6 Å². The molecule has 1 aromatic carbocycles. The summed E-state index contributed by atoms with van der Waals surface area (Å²) in [4.78, 5) is 14.7. The lowest BCUT2D eigenvalue weighted by Gasteiger charge is -2.27. The molecule has 0 spiro atoms. The van der Waals surface area contributed by atoms with E-state index in [1.807, 2.05) is 18.2 Å². The predicted molar refractivity (Wildman–Crippen MR) is 95.9 cm³/mol. The summed E-state index contributed by atoms with van der Waals surface area (Å²) in [5, 5.41) is 18.0. The van der Waals surface area contributed by atoms with Crippen LogP contribution >= 0.6 is 0 Å². The van der Waals surface area contributed by atoms with Crippen molar-refractivity contribution in [2.45, 2.75) is 12.8 Å². The number of nitrogens with one attached hydrogen (secondary N) is 3. The standard InChI is InChI=1S/C17H22N6O/c1-23-8-5-11(6-9-23)17(24)20-16-13-10-12(14(19)4-7-18)2-3-15(13)21-22-16/h2-4,7,10-11,18H,5-6,8-9,19H2,1H3,(H2,20,21,22,24). The van der Waals surface area contributed by atoms with Crippen LogP contribution in [0.15, 0.2) is 24.3 Å². The molecule has 0 saturated carbocycles. The molecule has 0 bridgehead atoms. The maximum absolute atomic E-state index is 12.5. The first-order valence-electron chi connectivity index (χ1n) is 8.02. The number of hydrogen-bond donors (Lipinski definition) is 4. The Labute approximate surface area is 140 Å². The van der Waals surface area contributed by atoms with Crippen molar-refractivity contribution in [3.8, 4) is 0 Å². The second kappa shape index (κ2) is 6.84. The third-order valence-corrected chi connectivity index (χ3v) is 4.49. The summed E-state index contributed by atoms with van der Waals surface area (Å²) >= 11 is 0. The van der Waals surface area contributed by atoms with Crippen LogP contribution in [0, 0.1) is 11.3 Å². The number of benzene rings is 1. The summed E-state index contributed by atoms with van der Waals surface area (Å²) in [6.07, 6.45) is 4.41. The van der Waals surface area contributed by atoms with Gasteiger partial charge in [0.1, 0.15) is 0 Å². The molecule has 7 nitrogen and oxygen atoms in total. The van der Waals surface area contributed by atoms with E-state index in [1.54, 1.807) is 0 Å². The molecule has 1 aromatic heterocycles. The summed E-state index contributed by atoms with van der Waals surface area (Å²) in [5.74, 6) is 0.572. The molecule has 3 rings (SSSR count). The molecular formula is C17H22N6O. The van der Waals surface area contributed by atoms with Crippen LogP contribution in [0.3, 0.4) is 0 Å². The zero-order chi connectivity index (χ0) is 17.1. The highest BCUT2D eigenvalue weighted by Gasteiger charge is 2.24. The van der Waals surface area contributed by atoms with Crippen molar-refractivity contribution in [1.82, 2.24) is 15.1 Å². The average Bonchev–Trinajstić information content (AvgIpc) is 2.98. The van der Waals surface area contributed by atoms with Gasteiger partial charge in [-0.15, -0.1) is 0 Å². The predicted octanol–water partition coefficient (Wildman–Crippen LogP) is 1.79. The number of hydrogen-bond acceptors (Lipinski definition) is 5. The molecule has 0 unspecified atom stereocenters. The Morgan fingerprint density at radius 3 is 2.92 bits per heavy atom. The second-order valence-electron chi connectivity index (χ2n) is 6.19. The number of aromatic nitrogens is 2. The summed E-state index contributed by atoms with van der Waals surface area (Å²) in [7, 11) is 2.07. The van der Waals surface area contributed by atoms with Gasteiger partial charge >= 0.3 is 0 Å². The Balaban J connectivity index is 1.81. The zero-order valence-electron chi connectivity index (χ0n) is 13.7. The number of H-pyrrole nitrogens is 1. The van der Waals surface area contributed by atoms with Gasteiger partial charge in [-0.3, -0.25) is 9.89 Å². The first-order chi connectivity index (χ1) is 11.6. The van der Waals surface area contributed by atoms with Crippen LogP contribution in [0.25, 0.3) is 16.6 Å². The number of likely N-dealkylation sites (tertiary alicyclic amines) is 1. The first-order valence-corrected chi connectivity index (χ1v) is 8.02. The van der Waals surface area contributed by atoms with E-state index in [0.29, 0.717) is 11.5 Å². The molecular weight excluding hydrogens is 304 g/mol. The number of allylic oxidation sites excluding steroid dienone is 1. The van der Waals surface area contributed by atoms with Crippen LogP contribution in [-0.2, 0) is 4.79 Å². The van der Waals surface area contributed by atoms with Crippen LogP contribution in [0.2, 0.25) is 0 Å². The van der Waals surface area contributed by atoms with Crippen molar-refractivity contribution < 1.29 is 4.79 Å². The fourth-order valence-corrected chi connectivity index (χ4v) is 2.96. The van der Waals surface area contributed by atoms with Crippen LogP contribution in [0.1, 0.15) is 18.4 Å². The largest absolute Gasteiger partial charge is 0.398 e. The van der Waals surface area contributed by atoms with E-state index in [2.05, 4.69) is 27.5 Å². The van der Waals surface area contributed by atoms with E-state index in [9.17, 15) is 4.79 Å². The molecule has 0 atom stereocenters. The fourth-order valence-electron chi connectivity index (χ4n) is 2.96. The quantitative estimate of drug-likeness (QED) is 0.642. The molecule has 1 aliphatic heterocycles. The summed E-state index contributed by atoms with van der Waals surface area (Å²) < 4.78 is 0. The maximum atomic E-state index is 12.5. The number of anilines is 1. The summed E-state index contributed by atoms with van der Waals surface area (Å²) in [6, 6.07) is 5.60. The number of carbonyl (C=O) groups is 1. The van der Waals surface area contributed by atoms with Gasteiger partial charge in [-0.1, -0.05) is 6.07 Å². The Morgan fingerprint density at radius 2 is 2.21 bits per heavy atom. The summed E-state index contributed by atoms with van der Waals surface area (Å²) in [6.45, 7) is 1.88. The first kappa shape index (κ1) is 16.2. The normalized spacial score (nSPS) is 17.1. The number of fused-ring (bicyclic) bond motifs is 1. The molecule has 24 heavy (non-hydrogen) atoms. The third kappa shape index (κ3) is 3.30. The van der Waals surface area contributed by atoms with Gasteiger partial charge in [-0.2, -0.15) is 5.10 Å². The molecule has 126 valence electrons. The van der Waals surface area contributed by atoms with Gasteiger partial charge in [0, 0.05) is 23.2 Å². The topological polar surface area (TPSA) is 111 Å². The van der Waals surface area contributed by atoms with Crippen LogP contribution in [-0.4, -0.2) is 47.4 Å². The maximum Gasteiger partial charge on any atom is 0.228 e. The lowest BCUT2D eigenvalue weighted by Crippen LogP contribution is -2.36. The molecule has 7 heteroatoms. The average molecular weight is 326 g/mol. The van der Waals surface area contributed by atoms with Crippen molar-refractivity contribution in [3.63, 3.8) is 0 Å². The number of nitrogens with zero attached hydrogens (tertiary/aromatic N) is 2. The minimum absolute atomic E-state index is 0.0184. The molecule has 1 fully saturated rings. The molecule has 2 heterocycles. The van der Waals surface area contributed by atoms with Crippen LogP contribution in [0.4, 0.5) is 5.82 Å². The Bertz CT molecular complexity index is 785. The fraction of sp³-hybridized carbons (Fsp3) is 0.353. The number of rotatable bonds is 4. The molecule has 1 amide bonds. The van der Waals surface area contributed by atoms with E-state index in [-0.39, 0.29) is 11.8 Å². The van der Waals surface area contributed by atoms with Crippen molar-refractivity contribution in [1.29, 1.82) is 5.41 Å². The van der Waals surface area contributed by atoms with E-state index >= 15 is 0 Å².